The van der Waals surface area contributed by atoms with Crippen LogP contribution in [-0.2, 0) is 9.53 Å². The third-order valence-electron chi connectivity index (χ3n) is 6.48. The van der Waals surface area contributed by atoms with Gasteiger partial charge in [-0.1, -0.05) is 23.2 Å². The number of nitrogens with two attached hydrogens (primary N) is 1. The zero-order chi connectivity index (χ0) is 29.9. The van der Waals surface area contributed by atoms with Crippen molar-refractivity contribution in [1.82, 2.24) is 25.5 Å². The first kappa shape index (κ1) is 30.1. The van der Waals surface area contributed by atoms with Crippen LogP contribution in [-0.4, -0.2) is 63.4 Å². The number of carbonyl (C=O) groups excluding carboxylic acids is 4. The van der Waals surface area contributed by atoms with E-state index < -0.39 is 29.6 Å². The van der Waals surface area contributed by atoms with E-state index in [1.807, 2.05) is 0 Å². The van der Waals surface area contributed by atoms with Crippen LogP contribution in [0.3, 0.4) is 0 Å². The van der Waals surface area contributed by atoms with E-state index in [4.69, 9.17) is 33.7 Å². The Morgan fingerprint density at radius 1 is 1.17 bits per heavy atom. The maximum atomic E-state index is 13.3. The molecule has 13 heteroatoms. The summed E-state index contributed by atoms with van der Waals surface area (Å²) in [7, 11) is 0. The lowest BCUT2D eigenvalue weighted by Crippen LogP contribution is -2.44. The molecule has 1 fully saturated rings. The highest BCUT2D eigenvalue weighted by Crippen LogP contribution is 2.26. The van der Waals surface area contributed by atoms with Gasteiger partial charge < -0.3 is 31.0 Å². The number of aromatic nitrogens is 2. The number of benzene rings is 2. The molecule has 41 heavy (non-hydrogen) atoms. The van der Waals surface area contributed by atoms with Gasteiger partial charge in [-0.15, -0.1) is 0 Å². The minimum absolute atomic E-state index is 0.0956. The molecule has 4 rings (SSSR count). The second-order valence-corrected chi connectivity index (χ2v) is 11.7. The van der Waals surface area contributed by atoms with Crippen molar-refractivity contribution in [2.24, 2.45) is 5.73 Å². The van der Waals surface area contributed by atoms with Gasteiger partial charge in [0, 0.05) is 29.7 Å². The lowest BCUT2D eigenvalue weighted by Gasteiger charge is -2.26. The first-order chi connectivity index (χ1) is 19.3. The number of hydrogen-bond acceptors (Lipinski definition) is 6. The maximum absolute atomic E-state index is 13.3. The topological polar surface area (TPSA) is 160 Å². The van der Waals surface area contributed by atoms with E-state index in [1.54, 1.807) is 43.9 Å². The van der Waals surface area contributed by atoms with E-state index >= 15 is 0 Å². The summed E-state index contributed by atoms with van der Waals surface area (Å²) in [6.07, 6.45) is 0.748. The van der Waals surface area contributed by atoms with Gasteiger partial charge in [0.25, 0.3) is 11.8 Å². The average molecular weight is 604 g/mol. The van der Waals surface area contributed by atoms with Gasteiger partial charge in [0.2, 0.25) is 5.91 Å². The molecule has 2 unspecified atom stereocenters. The number of alkyl carbamates (subject to hydrolysis) is 1. The molecule has 2 atom stereocenters. The maximum Gasteiger partial charge on any atom is 0.407 e. The van der Waals surface area contributed by atoms with Crippen LogP contribution in [0.2, 0.25) is 10.0 Å². The molecule has 2 aromatic carbocycles. The second-order valence-electron chi connectivity index (χ2n) is 10.9. The van der Waals surface area contributed by atoms with E-state index in [-0.39, 0.29) is 41.1 Å². The third-order valence-corrected chi connectivity index (χ3v) is 7.03. The first-order valence-electron chi connectivity index (χ1n) is 13.1. The van der Waals surface area contributed by atoms with Crippen LogP contribution >= 0.6 is 23.2 Å². The molecule has 1 aliphatic heterocycles. The molecule has 2 heterocycles. The number of imidazole rings is 1. The lowest BCUT2D eigenvalue weighted by molar-refractivity contribution is -0.118. The smallest absolute Gasteiger partial charge is 0.407 e. The number of aromatic amines is 1. The molecule has 11 nitrogen and oxygen atoms in total. The van der Waals surface area contributed by atoms with Gasteiger partial charge in [0.15, 0.2) is 0 Å². The quantitative estimate of drug-likeness (QED) is 0.300. The molecule has 218 valence electrons. The van der Waals surface area contributed by atoms with Crippen molar-refractivity contribution in [2.45, 2.75) is 57.7 Å². The van der Waals surface area contributed by atoms with E-state index in [0.717, 1.165) is 12.8 Å². The van der Waals surface area contributed by atoms with Crippen LogP contribution in [0.25, 0.3) is 11.0 Å². The summed E-state index contributed by atoms with van der Waals surface area (Å²) in [4.78, 5) is 59.5. The summed E-state index contributed by atoms with van der Waals surface area (Å²) in [5, 5.41) is 6.08. The summed E-state index contributed by atoms with van der Waals surface area (Å²) >= 11 is 12.5. The zero-order valence-corrected chi connectivity index (χ0v) is 24.4. The molecule has 0 spiro atoms. The number of ether oxygens (including phenoxy) is 1. The van der Waals surface area contributed by atoms with E-state index in [0.29, 0.717) is 28.4 Å². The summed E-state index contributed by atoms with van der Waals surface area (Å²) in [5.74, 6) is -1.12. The molecule has 0 saturated carbocycles. The molecule has 0 aliphatic carbocycles. The minimum atomic E-state index is -0.839. The summed E-state index contributed by atoms with van der Waals surface area (Å²) in [6.45, 7) is 6.08. The van der Waals surface area contributed by atoms with E-state index in [9.17, 15) is 19.2 Å². The van der Waals surface area contributed by atoms with Gasteiger partial charge in [-0.25, -0.2) is 9.78 Å². The highest BCUT2D eigenvalue weighted by Gasteiger charge is 2.31. The molecule has 3 aromatic rings. The number of amides is 4. The SMILES string of the molecule is CC(C)(C)OC(=O)NCC1CCCN1C(=O)c1ccc(C(=O)NC(CC(N)=O)c2nc3cc(Cl)ccc3[nH]2)cc1Cl. The standard InChI is InChI=1S/C28H32Cl2N6O5/c1-28(2,3)41-27(40)32-14-17-5-4-10-36(17)26(39)18-8-6-15(11-19(18)30)25(38)35-22(13-23(31)37)24-33-20-9-7-16(29)12-21(20)34-24/h6-9,11-12,17,22H,4-5,10,13-14H2,1-3H3,(H2,31,37)(H,32,40)(H,33,34)(H,35,38). The Morgan fingerprint density at radius 2 is 1.93 bits per heavy atom. The second kappa shape index (κ2) is 12.4. The Morgan fingerprint density at radius 3 is 2.61 bits per heavy atom. The number of nitrogens with zero attached hydrogens (tertiary/aromatic N) is 2. The predicted octanol–water partition coefficient (Wildman–Crippen LogP) is 4.35. The number of carbonyl (C=O) groups is 4. The Balaban J connectivity index is 1.45. The average Bonchev–Trinajstić information content (AvgIpc) is 3.52. The number of primary amides is 1. The number of halogens is 2. The van der Waals surface area contributed by atoms with Crippen molar-refractivity contribution < 1.29 is 23.9 Å². The van der Waals surface area contributed by atoms with Gasteiger partial charge in [0.1, 0.15) is 11.4 Å². The molecular formula is C28H32Cl2N6O5. The fourth-order valence-corrected chi connectivity index (χ4v) is 5.07. The Labute approximate surface area is 247 Å². The van der Waals surface area contributed by atoms with Crippen molar-refractivity contribution in [1.29, 1.82) is 0 Å². The largest absolute Gasteiger partial charge is 0.444 e. The van der Waals surface area contributed by atoms with Crippen molar-refractivity contribution >= 4 is 58.1 Å². The van der Waals surface area contributed by atoms with Crippen molar-refractivity contribution in [3.8, 4) is 0 Å². The highest BCUT2D eigenvalue weighted by atomic mass is 35.5. The Kier molecular flexibility index (Phi) is 9.08. The summed E-state index contributed by atoms with van der Waals surface area (Å²) in [5.41, 5.74) is 6.47. The molecule has 1 aromatic heterocycles. The fraction of sp³-hybridized carbons (Fsp3) is 0.393. The minimum Gasteiger partial charge on any atom is -0.444 e. The van der Waals surface area contributed by atoms with Gasteiger partial charge in [-0.05, 0) is 70.0 Å². The predicted molar refractivity (Wildman–Crippen MR) is 155 cm³/mol. The Bertz CT molecular complexity index is 1480. The number of H-pyrrole nitrogens is 1. The van der Waals surface area contributed by atoms with Crippen LogP contribution in [0.5, 0.6) is 0 Å². The van der Waals surface area contributed by atoms with Crippen molar-refractivity contribution in [3.05, 3.63) is 63.4 Å². The molecule has 0 radical (unpaired) electrons. The molecule has 0 bridgehead atoms. The van der Waals surface area contributed by atoms with Crippen LogP contribution in [0.15, 0.2) is 36.4 Å². The molecular weight excluding hydrogens is 571 g/mol. The number of rotatable bonds is 8. The van der Waals surface area contributed by atoms with E-state index in [1.165, 1.54) is 18.2 Å². The lowest BCUT2D eigenvalue weighted by atomic mass is 10.1. The summed E-state index contributed by atoms with van der Waals surface area (Å²) < 4.78 is 5.28. The molecule has 1 saturated heterocycles. The monoisotopic (exact) mass is 602 g/mol. The van der Waals surface area contributed by atoms with Crippen molar-refractivity contribution in [3.63, 3.8) is 0 Å². The van der Waals surface area contributed by atoms with Gasteiger partial charge in [-0.2, -0.15) is 0 Å². The van der Waals surface area contributed by atoms with Gasteiger partial charge >= 0.3 is 6.09 Å². The van der Waals surface area contributed by atoms with E-state index in [2.05, 4.69) is 20.6 Å². The number of likely N-dealkylation sites (tertiary alicyclic amines) is 1. The van der Waals surface area contributed by atoms with Crippen molar-refractivity contribution in [2.75, 3.05) is 13.1 Å². The number of nitrogens with one attached hydrogen (secondary N) is 3. The fourth-order valence-electron chi connectivity index (χ4n) is 4.64. The van der Waals surface area contributed by atoms with Crippen LogP contribution < -0.4 is 16.4 Å². The number of fused-ring (bicyclic) bond motifs is 1. The molecule has 5 N–H and O–H groups in total. The zero-order valence-electron chi connectivity index (χ0n) is 22.9. The van der Waals surface area contributed by atoms with Gasteiger partial charge in [-0.3, -0.25) is 14.4 Å². The normalized spacial score (nSPS) is 15.9. The van der Waals surface area contributed by atoms with Crippen LogP contribution in [0.4, 0.5) is 4.79 Å². The third kappa shape index (κ3) is 7.68. The Hall–Kier alpha value is -3.83. The molecule has 4 amide bonds. The summed E-state index contributed by atoms with van der Waals surface area (Å²) in [6, 6.07) is 8.41. The first-order valence-corrected chi connectivity index (χ1v) is 13.9. The molecule has 1 aliphatic rings. The number of hydrogen-bond donors (Lipinski definition) is 4. The van der Waals surface area contributed by atoms with Gasteiger partial charge in [0.05, 0.1) is 34.1 Å². The highest BCUT2D eigenvalue weighted by molar-refractivity contribution is 6.34. The van der Waals surface area contributed by atoms with Crippen LogP contribution in [0.1, 0.15) is 72.6 Å². The van der Waals surface area contributed by atoms with Crippen LogP contribution in [0, 0.1) is 0 Å².